The molecule has 1 aromatic rings. The van der Waals surface area contributed by atoms with Crippen molar-refractivity contribution in [2.45, 2.75) is 45.4 Å². The van der Waals surface area contributed by atoms with E-state index >= 15 is 0 Å². The second-order valence-corrected chi connectivity index (χ2v) is 6.61. The van der Waals surface area contributed by atoms with Gasteiger partial charge in [0.2, 0.25) is 0 Å². The van der Waals surface area contributed by atoms with Crippen LogP contribution in [0.3, 0.4) is 0 Å². The molecule has 0 bridgehead atoms. The molecular formula is C15H22BrFN2O. The van der Waals surface area contributed by atoms with Crippen molar-refractivity contribution in [3.05, 3.63) is 34.1 Å². The zero-order chi connectivity index (χ0) is 14.9. The monoisotopic (exact) mass is 344 g/mol. The minimum absolute atomic E-state index is 0.00579. The third-order valence-electron chi connectivity index (χ3n) is 4.45. The summed E-state index contributed by atoms with van der Waals surface area (Å²) in [7, 11) is 0. The van der Waals surface area contributed by atoms with Crippen LogP contribution in [0.4, 0.5) is 4.39 Å². The number of nitrogens with two attached hydrogens (primary N) is 1. The van der Waals surface area contributed by atoms with E-state index in [0.717, 1.165) is 4.47 Å². The predicted octanol–water partition coefficient (Wildman–Crippen LogP) is 3.02. The van der Waals surface area contributed by atoms with E-state index < -0.39 is 0 Å². The van der Waals surface area contributed by atoms with Gasteiger partial charge < -0.3 is 4.74 Å². The fourth-order valence-electron chi connectivity index (χ4n) is 3.23. The van der Waals surface area contributed by atoms with Gasteiger partial charge in [0, 0.05) is 16.4 Å². The number of hydrogen-bond acceptors (Lipinski definition) is 3. The molecule has 1 fully saturated rings. The lowest BCUT2D eigenvalue weighted by Gasteiger charge is -2.28. The summed E-state index contributed by atoms with van der Waals surface area (Å²) in [5, 5.41) is 0. The molecule has 0 spiro atoms. The summed E-state index contributed by atoms with van der Waals surface area (Å²) in [5.41, 5.74) is 3.53. The van der Waals surface area contributed by atoms with Crippen LogP contribution in [-0.2, 0) is 11.2 Å². The molecule has 0 saturated carbocycles. The van der Waals surface area contributed by atoms with Crippen molar-refractivity contribution in [3.63, 3.8) is 0 Å². The highest BCUT2D eigenvalue weighted by Gasteiger charge is 2.41. The van der Waals surface area contributed by atoms with E-state index in [4.69, 9.17) is 10.6 Å². The molecule has 20 heavy (non-hydrogen) atoms. The second kappa shape index (κ2) is 6.52. The van der Waals surface area contributed by atoms with Gasteiger partial charge in [-0.25, -0.2) is 4.39 Å². The Hall–Kier alpha value is -0.490. The van der Waals surface area contributed by atoms with Crippen molar-refractivity contribution in [2.75, 3.05) is 0 Å². The van der Waals surface area contributed by atoms with Crippen molar-refractivity contribution in [2.24, 2.45) is 17.7 Å². The Kier molecular flexibility index (Phi) is 5.18. The van der Waals surface area contributed by atoms with Crippen LogP contribution in [0.2, 0.25) is 0 Å². The molecule has 112 valence electrons. The standard InChI is InChI=1S/C15H22BrFN2O/c1-8-9(2)20-10(3)15(8)14(19-18)7-11-6-12(16)4-5-13(11)17/h4-6,8-10,14-15,19H,7,18H2,1-3H3. The van der Waals surface area contributed by atoms with E-state index in [2.05, 4.69) is 42.1 Å². The predicted molar refractivity (Wildman–Crippen MR) is 81.6 cm³/mol. The summed E-state index contributed by atoms with van der Waals surface area (Å²) in [6.45, 7) is 6.31. The van der Waals surface area contributed by atoms with Crippen molar-refractivity contribution in [1.82, 2.24) is 5.43 Å². The van der Waals surface area contributed by atoms with E-state index in [1.54, 1.807) is 6.07 Å². The van der Waals surface area contributed by atoms with Crippen LogP contribution in [0.25, 0.3) is 0 Å². The molecule has 3 N–H and O–H groups in total. The molecule has 0 aromatic heterocycles. The third kappa shape index (κ3) is 3.22. The van der Waals surface area contributed by atoms with Gasteiger partial charge in [0.1, 0.15) is 5.82 Å². The summed E-state index contributed by atoms with van der Waals surface area (Å²) in [4.78, 5) is 0. The Balaban J connectivity index is 2.19. The molecule has 1 aliphatic heterocycles. The normalized spacial score (nSPS) is 31.5. The molecular weight excluding hydrogens is 323 g/mol. The molecule has 5 atom stereocenters. The third-order valence-corrected chi connectivity index (χ3v) is 4.94. The molecule has 1 saturated heterocycles. The van der Waals surface area contributed by atoms with Crippen LogP contribution in [0.1, 0.15) is 26.3 Å². The zero-order valence-corrected chi connectivity index (χ0v) is 13.7. The topological polar surface area (TPSA) is 47.3 Å². The minimum Gasteiger partial charge on any atom is -0.375 e. The Morgan fingerprint density at radius 1 is 1.35 bits per heavy atom. The fraction of sp³-hybridized carbons (Fsp3) is 0.600. The van der Waals surface area contributed by atoms with Crippen LogP contribution in [-0.4, -0.2) is 18.2 Å². The van der Waals surface area contributed by atoms with E-state index in [1.165, 1.54) is 6.07 Å². The average Bonchev–Trinajstić information content (AvgIpc) is 2.65. The molecule has 3 nitrogen and oxygen atoms in total. The smallest absolute Gasteiger partial charge is 0.126 e. The molecule has 0 radical (unpaired) electrons. The number of hydrogen-bond donors (Lipinski definition) is 2. The van der Waals surface area contributed by atoms with Crippen molar-refractivity contribution in [3.8, 4) is 0 Å². The highest BCUT2D eigenvalue weighted by molar-refractivity contribution is 9.10. The first-order valence-electron chi connectivity index (χ1n) is 6.99. The Morgan fingerprint density at radius 3 is 2.60 bits per heavy atom. The zero-order valence-electron chi connectivity index (χ0n) is 12.1. The maximum Gasteiger partial charge on any atom is 0.126 e. The van der Waals surface area contributed by atoms with E-state index in [-0.39, 0.29) is 30.0 Å². The Morgan fingerprint density at radius 2 is 2.05 bits per heavy atom. The van der Waals surface area contributed by atoms with Crippen LogP contribution in [0.5, 0.6) is 0 Å². The Bertz CT molecular complexity index is 471. The first kappa shape index (κ1) is 15.9. The fourth-order valence-corrected chi connectivity index (χ4v) is 3.64. The molecule has 0 amide bonds. The van der Waals surface area contributed by atoms with Gasteiger partial charge >= 0.3 is 0 Å². The van der Waals surface area contributed by atoms with E-state index in [0.29, 0.717) is 17.9 Å². The van der Waals surface area contributed by atoms with Gasteiger partial charge in [0.05, 0.1) is 12.2 Å². The van der Waals surface area contributed by atoms with Gasteiger partial charge in [-0.3, -0.25) is 11.3 Å². The molecule has 5 heteroatoms. The minimum atomic E-state index is -0.194. The average molecular weight is 345 g/mol. The summed E-state index contributed by atoms with van der Waals surface area (Å²) in [6.07, 6.45) is 0.881. The van der Waals surface area contributed by atoms with E-state index in [9.17, 15) is 4.39 Å². The quantitative estimate of drug-likeness (QED) is 0.651. The molecule has 1 aliphatic rings. The highest BCUT2D eigenvalue weighted by atomic mass is 79.9. The van der Waals surface area contributed by atoms with Gasteiger partial charge in [-0.05, 0) is 49.9 Å². The highest BCUT2D eigenvalue weighted by Crippen LogP contribution is 2.35. The van der Waals surface area contributed by atoms with Crippen LogP contribution >= 0.6 is 15.9 Å². The number of nitrogens with one attached hydrogen (secondary N) is 1. The first-order chi connectivity index (χ1) is 9.43. The maximum atomic E-state index is 13.9. The van der Waals surface area contributed by atoms with E-state index in [1.807, 2.05) is 6.07 Å². The maximum absolute atomic E-state index is 13.9. The van der Waals surface area contributed by atoms with Gasteiger partial charge in [-0.1, -0.05) is 22.9 Å². The van der Waals surface area contributed by atoms with Crippen molar-refractivity contribution >= 4 is 15.9 Å². The lowest BCUT2D eigenvalue weighted by atomic mass is 9.81. The first-order valence-corrected chi connectivity index (χ1v) is 7.78. The summed E-state index contributed by atoms with van der Waals surface area (Å²) >= 11 is 3.38. The van der Waals surface area contributed by atoms with Crippen molar-refractivity contribution in [1.29, 1.82) is 0 Å². The van der Waals surface area contributed by atoms with Gasteiger partial charge in [-0.15, -0.1) is 0 Å². The summed E-state index contributed by atoms with van der Waals surface area (Å²) in [5.74, 6) is 6.19. The van der Waals surface area contributed by atoms with Crippen LogP contribution in [0.15, 0.2) is 22.7 Å². The molecule has 0 aliphatic carbocycles. The molecule has 2 rings (SSSR count). The molecule has 5 unspecified atom stereocenters. The molecule has 1 heterocycles. The lowest BCUT2D eigenvalue weighted by molar-refractivity contribution is 0.0475. The van der Waals surface area contributed by atoms with Crippen molar-refractivity contribution < 1.29 is 9.13 Å². The number of benzene rings is 1. The number of rotatable bonds is 4. The van der Waals surface area contributed by atoms with Crippen LogP contribution in [0, 0.1) is 17.7 Å². The summed E-state index contributed by atoms with van der Waals surface area (Å²) in [6, 6.07) is 4.99. The van der Waals surface area contributed by atoms with Crippen LogP contribution < -0.4 is 11.3 Å². The lowest BCUT2D eigenvalue weighted by Crippen LogP contribution is -2.46. The van der Waals surface area contributed by atoms with Gasteiger partial charge in [0.25, 0.3) is 0 Å². The summed E-state index contributed by atoms with van der Waals surface area (Å²) < 4.78 is 20.6. The number of hydrazine groups is 1. The largest absolute Gasteiger partial charge is 0.375 e. The van der Waals surface area contributed by atoms with Gasteiger partial charge in [-0.2, -0.15) is 0 Å². The SMILES string of the molecule is CC1OC(C)C(C(Cc2cc(Br)ccc2F)NN)C1C. The molecule has 1 aromatic carbocycles. The van der Waals surface area contributed by atoms with Gasteiger partial charge in [0.15, 0.2) is 0 Å². The second-order valence-electron chi connectivity index (χ2n) is 5.70. The number of halogens is 2. The number of ether oxygens (including phenoxy) is 1. The Labute approximate surface area is 128 Å².